The van der Waals surface area contributed by atoms with Crippen molar-refractivity contribution in [2.45, 2.75) is 128 Å². The Morgan fingerprint density at radius 1 is 0.603 bits per heavy atom. The van der Waals surface area contributed by atoms with Gasteiger partial charge in [0.2, 0.25) is 35.4 Å². The van der Waals surface area contributed by atoms with Gasteiger partial charge in [-0.05, 0) is 76.8 Å². The summed E-state index contributed by atoms with van der Waals surface area (Å²) in [5.41, 5.74) is 10.9. The maximum atomic E-state index is 14.1. The number of nitrogens with one attached hydrogen (secondary N) is 7. The molecule has 0 radical (unpaired) electrons. The van der Waals surface area contributed by atoms with Crippen molar-refractivity contribution in [3.8, 4) is 0 Å². The molecule has 0 saturated carbocycles. The molecule has 6 amide bonds. The zero-order valence-corrected chi connectivity index (χ0v) is 44.4. The third kappa shape index (κ3) is 31.7. The van der Waals surface area contributed by atoms with Crippen molar-refractivity contribution in [3.63, 3.8) is 0 Å². The summed E-state index contributed by atoms with van der Waals surface area (Å²) in [6, 6.07) is -6.72. The highest BCUT2D eigenvalue weighted by Gasteiger charge is 2.34. The minimum absolute atomic E-state index is 0.0285. The Kier molecular flexibility index (Phi) is 33.8. The van der Waals surface area contributed by atoms with Crippen LogP contribution in [0.1, 0.15) is 97.3 Å². The Labute approximate surface area is 451 Å². The van der Waals surface area contributed by atoms with Gasteiger partial charge in [-0.2, -0.15) is 0 Å². The van der Waals surface area contributed by atoms with Gasteiger partial charge in [-0.15, -0.1) is 0 Å². The van der Waals surface area contributed by atoms with Crippen LogP contribution in [0.3, 0.4) is 0 Å². The van der Waals surface area contributed by atoms with E-state index in [1.165, 1.54) is 9.80 Å². The molecule has 1 saturated heterocycles. The van der Waals surface area contributed by atoms with Crippen LogP contribution in [0.5, 0.6) is 0 Å². The van der Waals surface area contributed by atoms with Crippen LogP contribution in [0.15, 0.2) is 4.99 Å². The Morgan fingerprint density at radius 3 is 1.72 bits per heavy atom. The Balaban J connectivity index is 3.13. The van der Waals surface area contributed by atoms with Crippen molar-refractivity contribution in [2.75, 3.05) is 85.1 Å². The largest absolute Gasteiger partial charge is 0.481 e. The molecule has 1 rings (SSSR count). The van der Waals surface area contributed by atoms with Crippen LogP contribution in [-0.4, -0.2) is 238 Å². The molecule has 78 heavy (non-hydrogen) atoms. The molecule has 0 aromatic rings. The van der Waals surface area contributed by atoms with Crippen molar-refractivity contribution in [3.05, 3.63) is 0 Å². The van der Waals surface area contributed by atoms with Crippen LogP contribution >= 0.6 is 0 Å². The molecule has 0 aromatic heterocycles. The minimum Gasteiger partial charge on any atom is -0.481 e. The average Bonchev–Trinajstić information content (AvgIpc) is 3.34. The number of carbonyl (C=O) groups is 12. The predicted molar refractivity (Wildman–Crippen MR) is 276 cm³/mol. The molecule has 31 nitrogen and oxygen atoms in total. The van der Waals surface area contributed by atoms with E-state index in [4.69, 9.17) is 21.7 Å². The Hall–Kier alpha value is -7.25. The number of nitrogens with zero attached hydrogens (tertiary/aromatic N) is 4. The summed E-state index contributed by atoms with van der Waals surface area (Å²) in [6.07, 6.45) is 1.25. The first-order valence-corrected chi connectivity index (χ1v) is 25.8. The van der Waals surface area contributed by atoms with E-state index in [1.807, 2.05) is 0 Å². The molecule has 0 unspecified atom stereocenters. The first kappa shape index (κ1) is 68.8. The van der Waals surface area contributed by atoms with Crippen LogP contribution in [0.25, 0.3) is 0 Å². The lowest BCUT2D eigenvalue weighted by Crippen LogP contribution is -2.60. The number of rotatable bonds is 33. The van der Waals surface area contributed by atoms with Crippen LogP contribution in [0.4, 0.5) is 0 Å². The van der Waals surface area contributed by atoms with E-state index in [1.54, 1.807) is 13.8 Å². The highest BCUT2D eigenvalue weighted by atomic mass is 16.4. The van der Waals surface area contributed by atoms with E-state index >= 15 is 0 Å². The van der Waals surface area contributed by atoms with Gasteiger partial charge in [0, 0.05) is 52.1 Å². The molecule has 0 spiro atoms. The number of carboxylic acid groups (broad SMARTS) is 6. The summed E-state index contributed by atoms with van der Waals surface area (Å²) >= 11 is 0. The van der Waals surface area contributed by atoms with E-state index in [0.29, 0.717) is 45.1 Å². The van der Waals surface area contributed by atoms with Gasteiger partial charge in [-0.3, -0.25) is 72.4 Å². The molecule has 442 valence electrons. The molecule has 6 atom stereocenters. The second-order valence-corrected chi connectivity index (χ2v) is 18.9. The van der Waals surface area contributed by atoms with Gasteiger partial charge in [0.05, 0.1) is 32.7 Å². The normalized spacial score (nSPS) is 19.5. The number of aliphatic imine (C=N–C) groups is 1. The zero-order chi connectivity index (χ0) is 58.7. The van der Waals surface area contributed by atoms with Crippen molar-refractivity contribution in [2.24, 2.45) is 22.4 Å². The summed E-state index contributed by atoms with van der Waals surface area (Å²) < 4.78 is 0. The van der Waals surface area contributed by atoms with E-state index in [0.717, 1.165) is 4.90 Å². The molecule has 1 aliphatic heterocycles. The molecule has 0 aromatic carbocycles. The second kappa shape index (κ2) is 38.3. The van der Waals surface area contributed by atoms with Crippen molar-refractivity contribution >= 4 is 77.2 Å². The van der Waals surface area contributed by atoms with Crippen LogP contribution in [0.2, 0.25) is 0 Å². The van der Waals surface area contributed by atoms with Gasteiger partial charge in [0.25, 0.3) is 0 Å². The lowest BCUT2D eigenvalue weighted by molar-refractivity contribution is -0.143. The molecule has 17 N–H and O–H groups in total. The number of carbonyl (C=O) groups excluding carboxylic acids is 6. The van der Waals surface area contributed by atoms with Gasteiger partial charge in [-0.25, -0.2) is 4.79 Å². The fourth-order valence-electron chi connectivity index (χ4n) is 7.94. The number of carboxylic acids is 6. The standard InChI is InChI=1S/C47H81N13O18/c1-3-29(2)41-45(76)55-30(11-9-18-52-47(48)49)42(73)54-31(13-14-36(63)64)43(74)56-33(46(77)78)10-6-8-16-50-19-15-32(44(75)57-41)53-34(61)12-5-4-7-17-51-35(62)24-59(26-38(67)68)22-20-58(25-37(65)66)21-23-60(27-39(69)70)28-40(71)72/h29-33,41,50H,3-28H2,1-2H3,(H,51,62)(H,53,61)(H,54,73)(H,55,76)(H,56,74)(H,57,75)(H,63,64)(H,65,66)(H,67,68)(H,69,70)(H,71,72)(H,77,78)(H4,48,49,52)/t29-,30-,31-,32-,33-,41-/m0/s1. The Morgan fingerprint density at radius 2 is 1.15 bits per heavy atom. The summed E-state index contributed by atoms with van der Waals surface area (Å²) in [4.78, 5) is 158. The number of aliphatic carboxylic acids is 6. The first-order valence-electron chi connectivity index (χ1n) is 25.8. The van der Waals surface area contributed by atoms with Crippen LogP contribution in [-0.2, 0) is 57.5 Å². The van der Waals surface area contributed by atoms with Crippen molar-refractivity contribution in [1.82, 2.24) is 51.9 Å². The van der Waals surface area contributed by atoms with Gasteiger partial charge < -0.3 is 79.3 Å². The number of amides is 6. The maximum absolute atomic E-state index is 14.1. The quantitative estimate of drug-likeness (QED) is 0.0167. The van der Waals surface area contributed by atoms with Gasteiger partial charge in [0.1, 0.15) is 30.2 Å². The molecular weight excluding hydrogens is 1030 g/mol. The van der Waals surface area contributed by atoms with Gasteiger partial charge in [-0.1, -0.05) is 26.7 Å². The molecule has 0 aliphatic carbocycles. The second-order valence-electron chi connectivity index (χ2n) is 18.9. The van der Waals surface area contributed by atoms with Crippen LogP contribution in [0, 0.1) is 5.92 Å². The number of guanidine groups is 1. The minimum atomic E-state index is -1.52. The van der Waals surface area contributed by atoms with Gasteiger partial charge >= 0.3 is 35.8 Å². The van der Waals surface area contributed by atoms with Crippen LogP contribution < -0.4 is 48.7 Å². The fourth-order valence-corrected chi connectivity index (χ4v) is 7.94. The molecule has 0 bridgehead atoms. The van der Waals surface area contributed by atoms with E-state index < -0.39 is 146 Å². The van der Waals surface area contributed by atoms with Crippen molar-refractivity contribution < 1.29 is 88.2 Å². The maximum Gasteiger partial charge on any atom is 0.326 e. The van der Waals surface area contributed by atoms with Gasteiger partial charge in [0.15, 0.2) is 5.96 Å². The van der Waals surface area contributed by atoms with Crippen molar-refractivity contribution in [1.29, 1.82) is 0 Å². The highest BCUT2D eigenvalue weighted by Crippen LogP contribution is 2.13. The molecule has 1 heterocycles. The highest BCUT2D eigenvalue weighted by molar-refractivity contribution is 5.96. The number of hydrogen-bond acceptors (Lipinski definition) is 17. The monoisotopic (exact) mass is 1120 g/mol. The molecule has 1 fully saturated rings. The topological polar surface area (TPSA) is 485 Å². The zero-order valence-electron chi connectivity index (χ0n) is 44.4. The predicted octanol–water partition coefficient (Wildman–Crippen LogP) is -4.46. The summed E-state index contributed by atoms with van der Waals surface area (Å²) in [7, 11) is 0. The third-order valence-corrected chi connectivity index (χ3v) is 12.3. The van der Waals surface area contributed by atoms with E-state index in [9.17, 15) is 78.0 Å². The SMILES string of the molecule is CC[C@H](C)[C@@H]1NC(=O)[C@@H](NC(=O)CCCCCNC(=O)CN(CCN(CCN(CC(=O)O)CC(=O)O)CC(=O)O)CC(=O)O)CCNCCCC[C@@H](C(=O)O)NC(=O)[C@H](CCC(=O)O)NC(=O)[C@H](CCCN=C(N)N)NC1=O. The smallest absolute Gasteiger partial charge is 0.326 e. The molecular formula is C47H81N13O18. The van der Waals surface area contributed by atoms with E-state index in [-0.39, 0.29) is 90.4 Å². The number of unbranched alkanes of at least 4 members (excludes halogenated alkanes) is 2. The average molecular weight is 1120 g/mol. The number of nitrogens with two attached hydrogens (primary N) is 2. The lowest BCUT2D eigenvalue weighted by atomic mass is 9.96. The summed E-state index contributed by atoms with van der Waals surface area (Å²) in [5.74, 6) is -12.9. The summed E-state index contributed by atoms with van der Waals surface area (Å²) in [5, 5.41) is 75.1. The number of hydrogen-bond donors (Lipinski definition) is 15. The van der Waals surface area contributed by atoms with E-state index in [2.05, 4.69) is 42.2 Å². The third-order valence-electron chi connectivity index (χ3n) is 12.3. The molecule has 1 aliphatic rings. The fraction of sp³-hybridized carbons (Fsp3) is 0.723. The summed E-state index contributed by atoms with van der Waals surface area (Å²) in [6.45, 7) is 1.11. The Bertz CT molecular complexity index is 2030. The molecule has 31 heteroatoms. The first-order chi connectivity index (χ1) is 36.8. The lowest BCUT2D eigenvalue weighted by Gasteiger charge is -2.29.